The Balaban J connectivity index is 1.34. The van der Waals surface area contributed by atoms with E-state index in [2.05, 4.69) is 10.6 Å². The minimum Gasteiger partial charge on any atom is -0.495 e. The number of amides is 2. The lowest BCUT2D eigenvalue weighted by molar-refractivity contribution is -0.139. The van der Waals surface area contributed by atoms with Crippen LogP contribution in [0.4, 0.5) is 16.2 Å². The molecule has 1 aromatic heterocycles. The molecule has 4 rings (SSSR count). The number of carbonyl (C=O) groups excluding carboxylic acids is 1. The van der Waals surface area contributed by atoms with Gasteiger partial charge in [0, 0.05) is 35.8 Å². The van der Waals surface area contributed by atoms with Crippen LogP contribution in [0, 0.1) is 12.8 Å². The molecule has 1 fully saturated rings. The number of para-hydroxylation sites is 2. The molecule has 1 saturated heterocycles. The number of anilines is 2. The van der Waals surface area contributed by atoms with Crippen molar-refractivity contribution in [2.75, 3.05) is 44.0 Å². The highest BCUT2D eigenvalue weighted by Gasteiger charge is 2.25. The topological polar surface area (TPSA) is 137 Å². The number of carbonyl (C=O) groups is 3. The van der Waals surface area contributed by atoms with Crippen LogP contribution in [-0.4, -0.2) is 66.4 Å². The van der Waals surface area contributed by atoms with Gasteiger partial charge in [-0.3, -0.25) is 0 Å². The summed E-state index contributed by atoms with van der Waals surface area (Å²) < 4.78 is 10.6. The highest BCUT2D eigenvalue weighted by molar-refractivity contribution is 7.18. The van der Waals surface area contributed by atoms with E-state index in [1.165, 1.54) is 0 Å². The number of carboxylic acids is 2. The maximum absolute atomic E-state index is 12.7. The summed E-state index contributed by atoms with van der Waals surface area (Å²) in [5, 5.41) is 24.9. The summed E-state index contributed by atoms with van der Waals surface area (Å²) in [6.07, 6.45) is 1.73. The number of ether oxygens (including phenoxy) is 2. The molecule has 1 aliphatic heterocycles. The van der Waals surface area contributed by atoms with Gasteiger partial charge in [-0.2, -0.15) is 0 Å². The van der Waals surface area contributed by atoms with Gasteiger partial charge >= 0.3 is 18.0 Å². The SMILES string of the molecule is COc1ccccc1NC(=O)N1CCC(CNc2cccc(-c3sc(C(=O)O)c(OCC(=O)O)c3C)c2)CC1. The maximum atomic E-state index is 12.7. The number of likely N-dealkylation sites (tertiary alicyclic amines) is 1. The average molecular weight is 554 g/mol. The molecule has 0 aliphatic carbocycles. The van der Waals surface area contributed by atoms with Crippen molar-refractivity contribution >= 4 is 40.7 Å². The van der Waals surface area contributed by atoms with Crippen LogP contribution >= 0.6 is 11.3 Å². The summed E-state index contributed by atoms with van der Waals surface area (Å²) in [7, 11) is 1.57. The van der Waals surface area contributed by atoms with Gasteiger partial charge in [-0.05, 0) is 55.5 Å². The average Bonchev–Trinajstić information content (AvgIpc) is 3.27. The van der Waals surface area contributed by atoms with Gasteiger partial charge in [0.1, 0.15) is 11.5 Å². The summed E-state index contributed by atoms with van der Waals surface area (Å²) in [5.41, 5.74) is 2.94. The molecule has 2 heterocycles. The first-order chi connectivity index (χ1) is 18.8. The molecule has 11 heteroatoms. The van der Waals surface area contributed by atoms with Crippen molar-refractivity contribution in [1.82, 2.24) is 4.90 Å². The van der Waals surface area contributed by atoms with Crippen molar-refractivity contribution in [2.24, 2.45) is 5.92 Å². The number of carboxylic acid groups (broad SMARTS) is 2. The molecule has 1 aliphatic rings. The molecule has 10 nitrogen and oxygen atoms in total. The van der Waals surface area contributed by atoms with Crippen molar-refractivity contribution in [1.29, 1.82) is 0 Å². The summed E-state index contributed by atoms with van der Waals surface area (Å²) in [6, 6.07) is 14.8. The third kappa shape index (κ3) is 6.80. The molecule has 0 bridgehead atoms. The van der Waals surface area contributed by atoms with Crippen molar-refractivity contribution < 1.29 is 34.1 Å². The Morgan fingerprint density at radius 2 is 1.82 bits per heavy atom. The lowest BCUT2D eigenvalue weighted by Gasteiger charge is -2.32. The number of hydrogen-bond acceptors (Lipinski definition) is 7. The fourth-order valence-corrected chi connectivity index (χ4v) is 5.62. The molecule has 0 saturated carbocycles. The summed E-state index contributed by atoms with van der Waals surface area (Å²) >= 11 is 1.06. The highest BCUT2D eigenvalue weighted by atomic mass is 32.1. The third-order valence-electron chi connectivity index (χ3n) is 6.60. The number of aromatic carboxylic acids is 1. The smallest absolute Gasteiger partial charge is 0.349 e. The molecule has 0 unspecified atom stereocenters. The zero-order valence-corrected chi connectivity index (χ0v) is 22.5. The van der Waals surface area contributed by atoms with Crippen LogP contribution in [-0.2, 0) is 4.79 Å². The Morgan fingerprint density at radius 1 is 1.08 bits per heavy atom. The molecule has 0 spiro atoms. The second kappa shape index (κ2) is 12.5. The normalized spacial score (nSPS) is 13.5. The number of urea groups is 1. The molecular weight excluding hydrogens is 522 g/mol. The van der Waals surface area contributed by atoms with E-state index in [4.69, 9.17) is 14.6 Å². The van der Waals surface area contributed by atoms with E-state index in [9.17, 15) is 19.5 Å². The number of thiophene rings is 1. The van der Waals surface area contributed by atoms with E-state index in [0.717, 1.165) is 42.0 Å². The Bertz CT molecular complexity index is 1350. The molecule has 39 heavy (non-hydrogen) atoms. The summed E-state index contributed by atoms with van der Waals surface area (Å²) in [4.78, 5) is 37.9. The predicted molar refractivity (Wildman–Crippen MR) is 149 cm³/mol. The molecule has 4 N–H and O–H groups in total. The number of benzene rings is 2. The van der Waals surface area contributed by atoms with Gasteiger partial charge in [-0.25, -0.2) is 14.4 Å². The molecule has 206 valence electrons. The summed E-state index contributed by atoms with van der Waals surface area (Å²) in [6.45, 7) is 3.16. The van der Waals surface area contributed by atoms with E-state index in [1.807, 2.05) is 47.4 Å². The number of rotatable bonds is 10. The van der Waals surface area contributed by atoms with Crippen molar-refractivity contribution in [3.8, 4) is 21.9 Å². The Labute approximate surface area is 230 Å². The first-order valence-corrected chi connectivity index (χ1v) is 13.3. The zero-order chi connectivity index (χ0) is 27.9. The van der Waals surface area contributed by atoms with Crippen LogP contribution < -0.4 is 20.1 Å². The fourth-order valence-electron chi connectivity index (χ4n) is 4.54. The van der Waals surface area contributed by atoms with E-state index in [1.54, 1.807) is 20.1 Å². The maximum Gasteiger partial charge on any atom is 0.349 e. The third-order valence-corrected chi connectivity index (χ3v) is 7.91. The second-order valence-electron chi connectivity index (χ2n) is 9.22. The van der Waals surface area contributed by atoms with Crippen LogP contribution in [0.15, 0.2) is 48.5 Å². The molecule has 2 amide bonds. The summed E-state index contributed by atoms with van der Waals surface area (Å²) in [5.74, 6) is -1.24. The largest absolute Gasteiger partial charge is 0.495 e. The number of piperidine rings is 1. The zero-order valence-electron chi connectivity index (χ0n) is 21.7. The molecule has 2 aromatic carbocycles. The van der Waals surface area contributed by atoms with E-state index >= 15 is 0 Å². The van der Waals surface area contributed by atoms with E-state index < -0.39 is 18.5 Å². The highest BCUT2D eigenvalue weighted by Crippen LogP contribution is 2.42. The number of nitrogens with zero attached hydrogens (tertiary/aromatic N) is 1. The van der Waals surface area contributed by atoms with Gasteiger partial charge in [-0.15, -0.1) is 11.3 Å². The quantitative estimate of drug-likeness (QED) is 0.267. The minimum atomic E-state index is -1.17. The van der Waals surface area contributed by atoms with E-state index in [-0.39, 0.29) is 16.7 Å². The Morgan fingerprint density at radius 3 is 2.51 bits per heavy atom. The van der Waals surface area contributed by atoms with Gasteiger partial charge in [0.05, 0.1) is 12.8 Å². The number of hydrogen-bond donors (Lipinski definition) is 4. The monoisotopic (exact) mass is 553 g/mol. The lowest BCUT2D eigenvalue weighted by Crippen LogP contribution is -2.42. The number of nitrogens with one attached hydrogen (secondary N) is 2. The number of aliphatic carboxylic acids is 1. The minimum absolute atomic E-state index is 0.0244. The first-order valence-electron chi connectivity index (χ1n) is 12.5. The first kappa shape index (κ1) is 27.8. The fraction of sp³-hybridized carbons (Fsp3) is 0.321. The van der Waals surface area contributed by atoms with Crippen LogP contribution in [0.5, 0.6) is 11.5 Å². The van der Waals surface area contributed by atoms with Gasteiger partial charge in [-0.1, -0.05) is 24.3 Å². The van der Waals surface area contributed by atoms with Crippen LogP contribution in [0.3, 0.4) is 0 Å². The molecule has 0 atom stereocenters. The Kier molecular flexibility index (Phi) is 8.92. The molecular formula is C28H31N3O7S. The van der Waals surface area contributed by atoms with Gasteiger partial charge in [0.15, 0.2) is 11.5 Å². The number of methoxy groups -OCH3 is 1. The second-order valence-corrected chi connectivity index (χ2v) is 10.2. The van der Waals surface area contributed by atoms with Crippen molar-refractivity contribution in [2.45, 2.75) is 19.8 Å². The lowest BCUT2D eigenvalue weighted by atomic mass is 9.97. The standard InChI is InChI=1S/C28H31N3O7S/c1-17-24(38-16-23(32)33)26(27(34)35)39-25(17)19-6-5-7-20(14-19)29-15-18-10-12-31(13-11-18)28(36)30-21-8-3-4-9-22(21)37-2/h3-9,14,18,29H,10-13,15-16H2,1-2H3,(H,30,36)(H,32,33)(H,34,35). The van der Waals surface area contributed by atoms with Crippen molar-refractivity contribution in [3.63, 3.8) is 0 Å². The van der Waals surface area contributed by atoms with Gasteiger partial charge in [0.25, 0.3) is 0 Å². The predicted octanol–water partition coefficient (Wildman–Crippen LogP) is 5.25. The van der Waals surface area contributed by atoms with Crippen LogP contribution in [0.2, 0.25) is 0 Å². The van der Waals surface area contributed by atoms with Gasteiger partial charge in [0.2, 0.25) is 0 Å². The van der Waals surface area contributed by atoms with Crippen LogP contribution in [0.25, 0.3) is 10.4 Å². The molecule has 3 aromatic rings. The molecule has 0 radical (unpaired) electrons. The van der Waals surface area contributed by atoms with Crippen molar-refractivity contribution in [3.05, 3.63) is 59.0 Å². The van der Waals surface area contributed by atoms with Gasteiger partial charge < -0.3 is 35.2 Å². The van der Waals surface area contributed by atoms with Crippen LogP contribution in [0.1, 0.15) is 28.1 Å². The van der Waals surface area contributed by atoms with E-state index in [0.29, 0.717) is 40.9 Å². The Hall–Kier alpha value is -4.25.